The molecule has 21 heavy (non-hydrogen) atoms. The molecule has 2 aromatic rings. The first-order valence-corrected chi connectivity index (χ1v) is 8.93. The fourth-order valence-electron chi connectivity index (χ4n) is 2.15. The third-order valence-electron chi connectivity index (χ3n) is 3.17. The lowest BCUT2D eigenvalue weighted by molar-refractivity contribution is 0.171. The number of halogens is 4. The van der Waals surface area contributed by atoms with E-state index < -0.39 is 0 Å². The molecule has 0 bridgehead atoms. The van der Waals surface area contributed by atoms with Crippen molar-refractivity contribution < 1.29 is 9.47 Å². The summed E-state index contributed by atoms with van der Waals surface area (Å²) in [6.07, 6.45) is 0. The molecule has 3 rings (SSSR count). The van der Waals surface area contributed by atoms with Gasteiger partial charge in [-0.25, -0.2) is 0 Å². The summed E-state index contributed by atoms with van der Waals surface area (Å²) in [6, 6.07) is 9.64. The Morgan fingerprint density at radius 1 is 1.05 bits per heavy atom. The number of fused-ring (bicyclic) bond motifs is 1. The van der Waals surface area contributed by atoms with Gasteiger partial charge in [-0.2, -0.15) is 0 Å². The summed E-state index contributed by atoms with van der Waals surface area (Å²) in [5, 5.41) is 0.229. The molecule has 0 aliphatic carbocycles. The van der Waals surface area contributed by atoms with Gasteiger partial charge in [-0.1, -0.05) is 27.5 Å². The van der Waals surface area contributed by atoms with Gasteiger partial charge in [0.15, 0.2) is 11.5 Å². The average molecular weight is 500 g/mol. The van der Waals surface area contributed by atoms with Gasteiger partial charge in [-0.3, -0.25) is 0 Å². The zero-order valence-corrected chi connectivity index (χ0v) is 16.0. The number of rotatable bonds is 2. The van der Waals surface area contributed by atoms with E-state index in [2.05, 4.69) is 38.5 Å². The van der Waals surface area contributed by atoms with Gasteiger partial charge >= 0.3 is 0 Å². The SMILES string of the molecule is Clc1cc2c(cc1C(Cl)c1cc(Br)ccc1I)OCCO2. The summed E-state index contributed by atoms with van der Waals surface area (Å²) in [5.41, 5.74) is 1.82. The minimum Gasteiger partial charge on any atom is -0.486 e. The Morgan fingerprint density at radius 3 is 2.43 bits per heavy atom. The molecule has 1 aliphatic heterocycles. The molecular formula is C15H10BrCl2IO2. The Morgan fingerprint density at radius 2 is 1.71 bits per heavy atom. The van der Waals surface area contributed by atoms with Crippen LogP contribution < -0.4 is 9.47 Å². The maximum absolute atomic E-state index is 6.65. The summed E-state index contributed by atoms with van der Waals surface area (Å²) < 4.78 is 13.2. The van der Waals surface area contributed by atoms with Crippen LogP contribution in [0.4, 0.5) is 0 Å². The van der Waals surface area contributed by atoms with E-state index in [1.165, 1.54) is 0 Å². The maximum atomic E-state index is 6.65. The summed E-state index contributed by atoms with van der Waals surface area (Å²) in [5.74, 6) is 1.36. The highest BCUT2D eigenvalue weighted by molar-refractivity contribution is 14.1. The average Bonchev–Trinajstić information content (AvgIpc) is 2.48. The van der Waals surface area contributed by atoms with E-state index in [4.69, 9.17) is 32.7 Å². The Labute approximate surface area is 155 Å². The summed E-state index contributed by atoms with van der Waals surface area (Å²) in [7, 11) is 0. The molecule has 0 radical (unpaired) electrons. The molecule has 1 heterocycles. The third-order valence-corrected chi connectivity index (χ3v) is 5.44. The van der Waals surface area contributed by atoms with Crippen molar-refractivity contribution in [2.24, 2.45) is 0 Å². The zero-order valence-electron chi connectivity index (χ0n) is 10.7. The van der Waals surface area contributed by atoms with E-state index in [1.807, 2.05) is 24.3 Å². The van der Waals surface area contributed by atoms with Gasteiger partial charge in [-0.05, 0) is 58.0 Å². The maximum Gasteiger partial charge on any atom is 0.162 e. The second kappa shape index (κ2) is 6.52. The van der Waals surface area contributed by atoms with Crippen molar-refractivity contribution in [3.63, 3.8) is 0 Å². The van der Waals surface area contributed by atoms with Crippen LogP contribution in [0.3, 0.4) is 0 Å². The van der Waals surface area contributed by atoms with Crippen LogP contribution in [0, 0.1) is 3.57 Å². The highest BCUT2D eigenvalue weighted by atomic mass is 127. The van der Waals surface area contributed by atoms with Gasteiger partial charge in [0, 0.05) is 19.1 Å². The van der Waals surface area contributed by atoms with Crippen molar-refractivity contribution in [1.29, 1.82) is 0 Å². The van der Waals surface area contributed by atoms with Gasteiger partial charge in [0.1, 0.15) is 13.2 Å². The highest BCUT2D eigenvalue weighted by Crippen LogP contribution is 2.42. The largest absolute Gasteiger partial charge is 0.486 e. The topological polar surface area (TPSA) is 18.5 Å². The number of hydrogen-bond acceptors (Lipinski definition) is 2. The van der Waals surface area contributed by atoms with E-state index >= 15 is 0 Å². The lowest BCUT2D eigenvalue weighted by Gasteiger charge is -2.21. The van der Waals surface area contributed by atoms with E-state index in [1.54, 1.807) is 6.07 Å². The van der Waals surface area contributed by atoms with Crippen LogP contribution in [0.2, 0.25) is 5.02 Å². The monoisotopic (exact) mass is 498 g/mol. The predicted octanol–water partition coefficient (Wildman–Crippen LogP) is 5.81. The second-order valence-corrected chi connectivity index (χ2v) is 7.47. The van der Waals surface area contributed by atoms with Crippen LogP contribution in [0.25, 0.3) is 0 Å². The molecule has 1 aliphatic rings. The van der Waals surface area contributed by atoms with Crippen molar-refractivity contribution in [3.05, 3.63) is 54.5 Å². The lowest BCUT2D eigenvalue weighted by atomic mass is 10.0. The minimum absolute atomic E-state index is 0.349. The Hall–Kier alpha value is -0.170. The first-order chi connectivity index (χ1) is 10.1. The van der Waals surface area contributed by atoms with Crippen molar-refractivity contribution in [2.45, 2.75) is 5.38 Å². The van der Waals surface area contributed by atoms with Crippen LogP contribution in [0.15, 0.2) is 34.8 Å². The second-order valence-electron chi connectivity index (χ2n) is 4.55. The molecule has 1 unspecified atom stereocenters. The standard InChI is InChI=1S/C15H10BrCl2IO2/c16-8-1-2-12(19)10(5-8)15(18)9-6-13-14(7-11(9)17)21-4-3-20-13/h1-2,5-7,15H,3-4H2. The molecule has 0 N–H and O–H groups in total. The first kappa shape index (κ1) is 15.7. The Balaban J connectivity index is 2.05. The summed E-state index contributed by atoms with van der Waals surface area (Å²) in [4.78, 5) is 0. The Bertz CT molecular complexity index is 694. The molecule has 0 aromatic heterocycles. The quantitative estimate of drug-likeness (QED) is 0.384. The van der Waals surface area contributed by atoms with Gasteiger partial charge in [-0.15, -0.1) is 11.6 Å². The van der Waals surface area contributed by atoms with E-state index in [-0.39, 0.29) is 5.38 Å². The fourth-order valence-corrected chi connectivity index (χ4v) is 4.04. The number of benzene rings is 2. The number of hydrogen-bond donors (Lipinski definition) is 0. The molecular weight excluding hydrogens is 490 g/mol. The molecule has 0 fully saturated rings. The van der Waals surface area contributed by atoms with Gasteiger partial charge < -0.3 is 9.47 Å². The van der Waals surface area contributed by atoms with Crippen LogP contribution in [-0.4, -0.2) is 13.2 Å². The highest BCUT2D eigenvalue weighted by Gasteiger charge is 2.22. The van der Waals surface area contributed by atoms with Crippen LogP contribution in [0.1, 0.15) is 16.5 Å². The van der Waals surface area contributed by atoms with Crippen LogP contribution in [-0.2, 0) is 0 Å². The third kappa shape index (κ3) is 3.28. The summed E-state index contributed by atoms with van der Waals surface area (Å²) in [6.45, 7) is 1.08. The lowest BCUT2D eigenvalue weighted by Crippen LogP contribution is -2.15. The van der Waals surface area contributed by atoms with Crippen molar-refractivity contribution in [1.82, 2.24) is 0 Å². The summed E-state index contributed by atoms with van der Waals surface area (Å²) >= 11 is 18.8. The van der Waals surface area contributed by atoms with E-state index in [9.17, 15) is 0 Å². The molecule has 0 saturated heterocycles. The first-order valence-electron chi connectivity index (χ1n) is 6.24. The van der Waals surface area contributed by atoms with Crippen molar-refractivity contribution >= 4 is 61.7 Å². The normalized spacial score (nSPS) is 14.9. The van der Waals surface area contributed by atoms with E-state index in [0.29, 0.717) is 29.7 Å². The molecule has 1 atom stereocenters. The molecule has 6 heteroatoms. The molecule has 0 saturated carbocycles. The predicted molar refractivity (Wildman–Crippen MR) is 97.0 cm³/mol. The number of alkyl halides is 1. The van der Waals surface area contributed by atoms with Crippen molar-refractivity contribution in [3.8, 4) is 11.5 Å². The van der Waals surface area contributed by atoms with Crippen LogP contribution in [0.5, 0.6) is 11.5 Å². The fraction of sp³-hybridized carbons (Fsp3) is 0.200. The zero-order chi connectivity index (χ0) is 15.0. The minimum atomic E-state index is -0.349. The smallest absolute Gasteiger partial charge is 0.162 e. The molecule has 0 amide bonds. The molecule has 0 spiro atoms. The Kier molecular flexibility index (Phi) is 4.88. The molecule has 110 valence electrons. The van der Waals surface area contributed by atoms with Crippen LogP contribution >= 0.6 is 61.7 Å². The van der Waals surface area contributed by atoms with Gasteiger partial charge in [0.05, 0.1) is 5.38 Å². The van der Waals surface area contributed by atoms with Crippen molar-refractivity contribution in [2.75, 3.05) is 13.2 Å². The molecule has 2 aromatic carbocycles. The van der Waals surface area contributed by atoms with E-state index in [0.717, 1.165) is 19.2 Å². The van der Waals surface area contributed by atoms with Gasteiger partial charge in [0.2, 0.25) is 0 Å². The molecule has 2 nitrogen and oxygen atoms in total. The number of ether oxygens (including phenoxy) is 2. The van der Waals surface area contributed by atoms with Gasteiger partial charge in [0.25, 0.3) is 0 Å².